The number of carbonyl (C=O) groups is 2. The van der Waals surface area contributed by atoms with Gasteiger partial charge in [-0.25, -0.2) is 4.79 Å². The Bertz CT molecular complexity index is 1360. The Kier molecular flexibility index (Phi) is 16.2. The van der Waals surface area contributed by atoms with Crippen LogP contribution in [-0.4, -0.2) is 36.9 Å². The lowest BCUT2D eigenvalue weighted by atomic mass is 9.83. The second kappa shape index (κ2) is 19.8. The van der Waals surface area contributed by atoms with Crippen molar-refractivity contribution in [3.63, 3.8) is 0 Å². The van der Waals surface area contributed by atoms with Crippen LogP contribution in [0.15, 0.2) is 36.4 Å². The van der Waals surface area contributed by atoms with E-state index < -0.39 is 18.0 Å². The number of hydrogen-bond donors (Lipinski definition) is 0. The zero-order valence-corrected chi connectivity index (χ0v) is 32.0. The summed E-state index contributed by atoms with van der Waals surface area (Å²) in [6, 6.07) is 9.53. The van der Waals surface area contributed by atoms with Crippen molar-refractivity contribution in [3.05, 3.63) is 64.2 Å². The molecule has 6 heteroatoms. The second-order valence-corrected chi connectivity index (χ2v) is 15.3. The summed E-state index contributed by atoms with van der Waals surface area (Å²) in [4.78, 5) is 24.2. The van der Waals surface area contributed by atoms with Crippen LogP contribution in [-0.2, 0) is 25.5 Å². The fraction of sp³-hybridized carbons (Fsp3) is 0.628. The fourth-order valence-corrected chi connectivity index (χ4v) is 6.91. The van der Waals surface area contributed by atoms with Crippen LogP contribution in [0.3, 0.4) is 0 Å². The first-order chi connectivity index (χ1) is 23.3. The van der Waals surface area contributed by atoms with Gasteiger partial charge in [-0.2, -0.15) is 0 Å². The third kappa shape index (κ3) is 13.5. The number of rotatable bonds is 20. The van der Waals surface area contributed by atoms with E-state index in [1.807, 2.05) is 30.3 Å². The van der Waals surface area contributed by atoms with Crippen LogP contribution in [0.25, 0.3) is 6.08 Å². The van der Waals surface area contributed by atoms with Gasteiger partial charge in [-0.1, -0.05) is 103 Å². The molecule has 0 saturated carbocycles. The highest BCUT2D eigenvalue weighted by Crippen LogP contribution is 2.45. The molecule has 49 heavy (non-hydrogen) atoms. The Hall–Kier alpha value is -3.28. The monoisotopic (exact) mass is 676 g/mol. The van der Waals surface area contributed by atoms with Crippen molar-refractivity contribution in [2.45, 2.75) is 145 Å². The molecule has 0 N–H and O–H groups in total. The first-order valence-corrected chi connectivity index (χ1v) is 18.8. The number of hydrogen-bond acceptors (Lipinski definition) is 6. The summed E-state index contributed by atoms with van der Waals surface area (Å²) in [5.74, 6) is 3.21. The summed E-state index contributed by atoms with van der Waals surface area (Å²) in [5.41, 5.74) is 5.03. The highest BCUT2D eigenvalue weighted by atomic mass is 16.6. The highest BCUT2D eigenvalue weighted by molar-refractivity contribution is 5.87. The number of fused-ring (bicyclic) bond motifs is 1. The topological polar surface area (TPSA) is 71.1 Å². The van der Waals surface area contributed by atoms with E-state index in [0.717, 1.165) is 70.8 Å². The second-order valence-electron chi connectivity index (χ2n) is 15.3. The Morgan fingerprint density at radius 3 is 2.12 bits per heavy atom. The number of carbonyl (C=O) groups excluding carboxylic acids is 2. The average molecular weight is 677 g/mol. The highest BCUT2D eigenvalue weighted by Gasteiger charge is 2.34. The lowest BCUT2D eigenvalue weighted by molar-refractivity contribution is -0.155. The van der Waals surface area contributed by atoms with E-state index in [1.54, 1.807) is 6.08 Å². The molecule has 0 saturated heterocycles. The Labute approximate surface area is 297 Å². The first kappa shape index (κ1) is 40.2. The maximum absolute atomic E-state index is 12.6. The van der Waals surface area contributed by atoms with E-state index in [4.69, 9.17) is 18.9 Å². The molecule has 0 radical (unpaired) electrons. The van der Waals surface area contributed by atoms with E-state index in [9.17, 15) is 9.59 Å². The molecule has 6 nitrogen and oxygen atoms in total. The molecule has 0 aliphatic carbocycles. The van der Waals surface area contributed by atoms with Gasteiger partial charge in [0.05, 0.1) is 0 Å². The van der Waals surface area contributed by atoms with E-state index in [2.05, 4.69) is 55.4 Å². The Morgan fingerprint density at radius 2 is 1.49 bits per heavy atom. The minimum absolute atomic E-state index is 0.0614. The zero-order chi connectivity index (χ0) is 36.0. The molecule has 1 heterocycles. The lowest BCUT2D eigenvalue weighted by Gasteiger charge is -2.38. The molecular formula is C43H64O6. The maximum Gasteiger partial charge on any atom is 0.331 e. The predicted octanol–water partition coefficient (Wildman–Crippen LogP) is 10.7. The van der Waals surface area contributed by atoms with Gasteiger partial charge < -0.3 is 18.9 Å². The van der Waals surface area contributed by atoms with E-state index in [0.29, 0.717) is 0 Å². The van der Waals surface area contributed by atoms with Crippen LogP contribution < -0.4 is 9.47 Å². The van der Waals surface area contributed by atoms with Gasteiger partial charge in [-0.15, -0.1) is 0 Å². The quantitative estimate of drug-likeness (QED) is 0.103. The number of ether oxygens (including phenoxy) is 4. The molecule has 1 aliphatic rings. The van der Waals surface area contributed by atoms with Crippen molar-refractivity contribution >= 4 is 18.0 Å². The molecule has 0 bridgehead atoms. The average Bonchev–Trinajstić information content (AvgIpc) is 3.05. The molecule has 0 fully saturated rings. The molecule has 0 spiro atoms. The summed E-state index contributed by atoms with van der Waals surface area (Å²) in [6.07, 6.45) is 15.8. The van der Waals surface area contributed by atoms with Gasteiger partial charge in [0.25, 0.3) is 0 Å². The Balaban J connectivity index is 1.55. The minimum atomic E-state index is -0.757. The van der Waals surface area contributed by atoms with Gasteiger partial charge in [-0.3, -0.25) is 4.79 Å². The van der Waals surface area contributed by atoms with Gasteiger partial charge >= 0.3 is 11.9 Å². The number of benzene rings is 2. The Morgan fingerprint density at radius 1 is 0.857 bits per heavy atom. The molecule has 4 atom stereocenters. The normalized spacial score (nSPS) is 17.7. The van der Waals surface area contributed by atoms with Crippen molar-refractivity contribution in [2.75, 3.05) is 13.2 Å². The largest absolute Gasteiger partial charge is 0.489 e. The predicted molar refractivity (Wildman–Crippen MR) is 200 cm³/mol. The molecule has 0 aromatic heterocycles. The van der Waals surface area contributed by atoms with E-state index in [1.165, 1.54) is 69.9 Å². The van der Waals surface area contributed by atoms with Crippen molar-refractivity contribution in [1.82, 2.24) is 0 Å². The van der Waals surface area contributed by atoms with Gasteiger partial charge in [0.2, 0.25) is 0 Å². The summed E-state index contributed by atoms with van der Waals surface area (Å²) in [7, 11) is 0. The molecule has 2 aromatic rings. The summed E-state index contributed by atoms with van der Waals surface area (Å²) in [6.45, 7) is 19.3. The zero-order valence-electron chi connectivity index (χ0n) is 32.0. The van der Waals surface area contributed by atoms with Crippen LogP contribution >= 0.6 is 0 Å². The van der Waals surface area contributed by atoms with Gasteiger partial charge in [0.15, 0.2) is 6.10 Å². The molecular weight excluding hydrogens is 612 g/mol. The standard InChI is InChI=1S/C43H64O6/c1-30(2)16-13-17-31(3)18-14-19-32(4)20-15-26-43(9)27-25-39-35(7)41(33(5)34(6)42(39)49-43)47-29-38(28-46-36(8)44)48-40(45)24-23-37-21-11-10-12-22-37/h10-12,21-24,30-32,38H,13-20,25-29H2,1-9H3/b24-23+/t31-,32-,38?,43-/m1/s1. The van der Waals surface area contributed by atoms with Crippen molar-refractivity contribution in [3.8, 4) is 11.5 Å². The molecule has 2 aromatic carbocycles. The lowest BCUT2D eigenvalue weighted by Crippen LogP contribution is -2.37. The number of esters is 2. The van der Waals surface area contributed by atoms with Crippen molar-refractivity contribution < 1.29 is 28.5 Å². The van der Waals surface area contributed by atoms with E-state index >= 15 is 0 Å². The van der Waals surface area contributed by atoms with Crippen molar-refractivity contribution in [2.24, 2.45) is 17.8 Å². The SMILES string of the molecule is CC(=O)OCC(COc1c(C)c(C)c2c(c1C)CC[C@@](C)(CCC[C@H](C)CCC[C@H](C)CCCC(C)C)O2)OC(=O)/C=C/c1ccccc1. The summed E-state index contributed by atoms with van der Waals surface area (Å²) < 4.78 is 24.0. The van der Waals surface area contributed by atoms with Gasteiger partial charge in [0.1, 0.15) is 30.3 Å². The molecule has 1 unspecified atom stereocenters. The first-order valence-electron chi connectivity index (χ1n) is 18.8. The van der Waals surface area contributed by atoms with Gasteiger partial charge in [-0.05, 0) is 99.5 Å². The van der Waals surface area contributed by atoms with Crippen LogP contribution in [0.5, 0.6) is 11.5 Å². The van der Waals surface area contributed by atoms with Crippen LogP contribution in [0.4, 0.5) is 0 Å². The van der Waals surface area contributed by atoms with Crippen LogP contribution in [0.1, 0.15) is 134 Å². The molecule has 1 aliphatic heterocycles. The summed E-state index contributed by atoms with van der Waals surface area (Å²) >= 11 is 0. The molecule has 272 valence electrons. The van der Waals surface area contributed by atoms with Crippen molar-refractivity contribution in [1.29, 1.82) is 0 Å². The van der Waals surface area contributed by atoms with Gasteiger partial charge in [0, 0.05) is 18.6 Å². The van der Waals surface area contributed by atoms with E-state index in [-0.39, 0.29) is 18.8 Å². The van der Waals surface area contributed by atoms with Crippen LogP contribution in [0, 0.1) is 38.5 Å². The minimum Gasteiger partial charge on any atom is -0.489 e. The maximum atomic E-state index is 12.6. The third-order valence-corrected chi connectivity index (χ3v) is 10.2. The summed E-state index contributed by atoms with van der Waals surface area (Å²) in [5, 5.41) is 0. The molecule has 3 rings (SSSR count). The smallest absolute Gasteiger partial charge is 0.331 e. The third-order valence-electron chi connectivity index (χ3n) is 10.2. The van der Waals surface area contributed by atoms with Crippen LogP contribution in [0.2, 0.25) is 0 Å². The molecule has 0 amide bonds. The fourth-order valence-electron chi connectivity index (χ4n) is 6.91.